The number of phosphoric ester groups is 1. The summed E-state index contributed by atoms with van der Waals surface area (Å²) in [5.41, 5.74) is 5.35. The van der Waals surface area contributed by atoms with Crippen molar-refractivity contribution in [3.05, 3.63) is 72.9 Å². The minimum atomic E-state index is -4.40. The zero-order chi connectivity index (χ0) is 41.8. The van der Waals surface area contributed by atoms with Gasteiger partial charge < -0.3 is 20.1 Å². The highest BCUT2D eigenvalue weighted by molar-refractivity contribution is 7.47. The van der Waals surface area contributed by atoms with Gasteiger partial charge in [0.05, 0.1) is 13.2 Å². The summed E-state index contributed by atoms with van der Waals surface area (Å²) in [5.74, 6) is -0.903. The molecule has 0 spiro atoms. The van der Waals surface area contributed by atoms with Crippen LogP contribution in [0.3, 0.4) is 0 Å². The number of esters is 2. The van der Waals surface area contributed by atoms with E-state index in [1.54, 1.807) is 0 Å². The van der Waals surface area contributed by atoms with Crippen molar-refractivity contribution in [1.29, 1.82) is 0 Å². The number of rotatable bonds is 41. The summed E-state index contributed by atoms with van der Waals surface area (Å²) < 4.78 is 32.7. The molecule has 0 bridgehead atoms. The van der Waals surface area contributed by atoms with E-state index in [4.69, 9.17) is 24.3 Å². The molecule has 0 aromatic heterocycles. The summed E-state index contributed by atoms with van der Waals surface area (Å²) in [6, 6.07) is 0. The zero-order valence-electron chi connectivity index (χ0n) is 36.0. The Labute approximate surface area is 348 Å². The number of hydrogen-bond donors (Lipinski definition) is 2. The Morgan fingerprint density at radius 1 is 0.526 bits per heavy atom. The third kappa shape index (κ3) is 42.9. The van der Waals surface area contributed by atoms with Crippen molar-refractivity contribution in [3.8, 4) is 0 Å². The Morgan fingerprint density at radius 2 is 0.930 bits per heavy atom. The Hall–Kier alpha value is -2.55. The quantitative estimate of drug-likeness (QED) is 0.0267. The molecule has 0 saturated heterocycles. The molecule has 0 radical (unpaired) electrons. The predicted molar refractivity (Wildman–Crippen MR) is 238 cm³/mol. The van der Waals surface area contributed by atoms with Gasteiger partial charge in [-0.1, -0.05) is 157 Å². The lowest BCUT2D eigenvalue weighted by atomic mass is 10.1. The lowest BCUT2D eigenvalue weighted by Crippen LogP contribution is -2.29. The van der Waals surface area contributed by atoms with Crippen LogP contribution in [0.1, 0.15) is 181 Å². The van der Waals surface area contributed by atoms with Gasteiger partial charge in [0.15, 0.2) is 6.10 Å². The van der Waals surface area contributed by atoms with Crippen LogP contribution < -0.4 is 5.73 Å². The van der Waals surface area contributed by atoms with E-state index in [0.29, 0.717) is 12.8 Å². The summed E-state index contributed by atoms with van der Waals surface area (Å²) in [4.78, 5) is 34.9. The molecule has 0 aromatic carbocycles. The Morgan fingerprint density at radius 3 is 1.40 bits per heavy atom. The summed E-state index contributed by atoms with van der Waals surface area (Å²) in [6.07, 6.45) is 52.2. The maximum Gasteiger partial charge on any atom is 0.472 e. The summed E-state index contributed by atoms with van der Waals surface area (Å²) in [5, 5.41) is 0. The lowest BCUT2D eigenvalue weighted by Gasteiger charge is -2.19. The molecule has 1 unspecified atom stereocenters. The first kappa shape index (κ1) is 54.5. The van der Waals surface area contributed by atoms with Gasteiger partial charge in [0.2, 0.25) is 0 Å². The summed E-state index contributed by atoms with van der Waals surface area (Å²) >= 11 is 0. The predicted octanol–water partition coefficient (Wildman–Crippen LogP) is 13.1. The van der Waals surface area contributed by atoms with E-state index < -0.39 is 32.5 Å². The van der Waals surface area contributed by atoms with Crippen molar-refractivity contribution in [2.24, 2.45) is 5.73 Å². The Kier molecular flexibility index (Phi) is 41.1. The van der Waals surface area contributed by atoms with Crippen molar-refractivity contribution >= 4 is 19.8 Å². The molecule has 0 fully saturated rings. The third-order valence-electron chi connectivity index (χ3n) is 9.06. The van der Waals surface area contributed by atoms with E-state index >= 15 is 0 Å². The van der Waals surface area contributed by atoms with Gasteiger partial charge in [0.1, 0.15) is 6.61 Å². The van der Waals surface area contributed by atoms with Gasteiger partial charge in [-0.2, -0.15) is 0 Å². The fraction of sp³-hybridized carbons (Fsp3) is 0.702. The van der Waals surface area contributed by atoms with Gasteiger partial charge in [-0.25, -0.2) is 4.57 Å². The van der Waals surface area contributed by atoms with Crippen LogP contribution in [0.5, 0.6) is 0 Å². The number of unbranched alkanes of at least 4 members (excludes halogenated alkanes) is 16. The molecule has 3 N–H and O–H groups in total. The largest absolute Gasteiger partial charge is 0.472 e. The second-order valence-corrected chi connectivity index (χ2v) is 16.0. The second-order valence-electron chi connectivity index (χ2n) is 14.6. The van der Waals surface area contributed by atoms with Crippen molar-refractivity contribution in [1.82, 2.24) is 0 Å². The maximum absolute atomic E-state index is 12.6. The number of allylic oxidation sites excluding steroid dienone is 12. The molecular weight excluding hydrogens is 737 g/mol. The highest BCUT2D eigenvalue weighted by atomic mass is 31.2. The fourth-order valence-electron chi connectivity index (χ4n) is 5.71. The molecule has 328 valence electrons. The first-order chi connectivity index (χ1) is 27.8. The number of carbonyl (C=O) groups is 2. The molecule has 0 aliphatic rings. The van der Waals surface area contributed by atoms with Crippen LogP contribution in [0.4, 0.5) is 0 Å². The average Bonchev–Trinajstić information content (AvgIpc) is 3.20. The Bertz CT molecular complexity index is 1160. The van der Waals surface area contributed by atoms with Crippen molar-refractivity contribution in [2.45, 2.75) is 187 Å². The van der Waals surface area contributed by atoms with Crippen molar-refractivity contribution in [2.75, 3.05) is 26.4 Å². The van der Waals surface area contributed by atoms with Crippen molar-refractivity contribution in [3.63, 3.8) is 0 Å². The van der Waals surface area contributed by atoms with Gasteiger partial charge in [0.25, 0.3) is 0 Å². The SMILES string of the molecule is CCCCC/C=C/C/C=C/C/C=C/C/C=C/CCCC(=O)O[C@H](COC(=O)CCCCCCCCCCC/C=C/C/C=C/CCCCC)COP(=O)(O)OCCN. The number of carbonyl (C=O) groups excluding carboxylic acids is 2. The number of phosphoric acid groups is 1. The highest BCUT2D eigenvalue weighted by Crippen LogP contribution is 2.43. The molecular formula is C47H82NO8P. The molecule has 0 heterocycles. The molecule has 10 heteroatoms. The van der Waals surface area contributed by atoms with Crippen LogP contribution in [0, 0.1) is 0 Å². The number of ether oxygens (including phenoxy) is 2. The van der Waals surface area contributed by atoms with Gasteiger partial charge in [-0.05, 0) is 83.5 Å². The van der Waals surface area contributed by atoms with E-state index in [9.17, 15) is 19.0 Å². The van der Waals surface area contributed by atoms with Gasteiger partial charge in [-0.3, -0.25) is 18.6 Å². The third-order valence-corrected chi connectivity index (χ3v) is 10.0. The first-order valence-corrected chi connectivity index (χ1v) is 23.9. The molecule has 0 rings (SSSR count). The molecule has 57 heavy (non-hydrogen) atoms. The van der Waals surface area contributed by atoms with E-state index in [0.717, 1.165) is 57.8 Å². The van der Waals surface area contributed by atoms with E-state index in [1.165, 1.54) is 83.5 Å². The van der Waals surface area contributed by atoms with E-state index in [2.05, 4.69) is 80.7 Å². The summed E-state index contributed by atoms with van der Waals surface area (Å²) in [7, 11) is -4.40. The van der Waals surface area contributed by atoms with E-state index in [-0.39, 0.29) is 32.6 Å². The topological polar surface area (TPSA) is 134 Å². The van der Waals surface area contributed by atoms with Crippen LogP contribution in [0.15, 0.2) is 72.9 Å². The molecule has 0 aliphatic heterocycles. The molecule has 0 amide bonds. The lowest BCUT2D eigenvalue weighted by molar-refractivity contribution is -0.161. The van der Waals surface area contributed by atoms with Gasteiger partial charge in [0, 0.05) is 19.4 Å². The molecule has 0 aliphatic carbocycles. The van der Waals surface area contributed by atoms with Crippen LogP contribution in [0.2, 0.25) is 0 Å². The molecule has 9 nitrogen and oxygen atoms in total. The molecule has 2 atom stereocenters. The fourth-order valence-corrected chi connectivity index (χ4v) is 6.48. The number of hydrogen-bond acceptors (Lipinski definition) is 8. The maximum atomic E-state index is 12.6. The van der Waals surface area contributed by atoms with Gasteiger partial charge >= 0.3 is 19.8 Å². The smallest absolute Gasteiger partial charge is 0.462 e. The van der Waals surface area contributed by atoms with Gasteiger partial charge in [-0.15, -0.1) is 0 Å². The average molecular weight is 820 g/mol. The minimum Gasteiger partial charge on any atom is -0.462 e. The molecule has 0 saturated carbocycles. The Balaban J connectivity index is 4.23. The monoisotopic (exact) mass is 820 g/mol. The second kappa shape index (κ2) is 43.0. The van der Waals surface area contributed by atoms with E-state index in [1.807, 2.05) is 6.08 Å². The summed E-state index contributed by atoms with van der Waals surface area (Å²) in [6.45, 7) is 3.60. The first-order valence-electron chi connectivity index (χ1n) is 22.4. The number of nitrogens with two attached hydrogens (primary N) is 1. The van der Waals surface area contributed by atoms with Crippen LogP contribution in [-0.4, -0.2) is 49.3 Å². The zero-order valence-corrected chi connectivity index (χ0v) is 36.9. The highest BCUT2D eigenvalue weighted by Gasteiger charge is 2.25. The normalized spacial score (nSPS) is 14.0. The minimum absolute atomic E-state index is 0.0410. The standard InChI is InChI=1S/C47H82NO8P/c1-3-5-7-9-11-13-15-17-19-21-22-24-25-27-29-31-33-35-37-39-46(49)53-43-45(44-55-57(51,52)54-42-41-48)56-47(50)40-38-36-34-32-30-28-26-23-20-18-16-14-12-10-8-6-4-2/h11-14,17-20,26,28,32,34,45H,3-10,15-16,21-25,27,29-31,33,35-44,48H2,1-2H3,(H,51,52)/b13-11+,14-12+,19-17+,20-18+,28-26+,34-32+/t45-/m1/s1. The van der Waals surface area contributed by atoms with Crippen LogP contribution in [0.25, 0.3) is 0 Å². The molecule has 0 aromatic rings. The van der Waals surface area contributed by atoms with Crippen LogP contribution in [-0.2, 0) is 32.7 Å². The van der Waals surface area contributed by atoms with Crippen molar-refractivity contribution < 1.29 is 37.6 Å². The van der Waals surface area contributed by atoms with Crippen LogP contribution >= 0.6 is 7.82 Å².